The topological polar surface area (TPSA) is 76.8 Å². The molecule has 1 aromatic heterocycles. The highest BCUT2D eigenvalue weighted by Gasteiger charge is 2.41. The van der Waals surface area contributed by atoms with Crippen molar-refractivity contribution in [1.29, 1.82) is 0 Å². The fourth-order valence-electron chi connectivity index (χ4n) is 1.75. The van der Waals surface area contributed by atoms with Gasteiger partial charge in [-0.2, -0.15) is 0 Å². The van der Waals surface area contributed by atoms with Crippen LogP contribution in [0.5, 0.6) is 0 Å². The molecule has 106 valence electrons. The summed E-state index contributed by atoms with van der Waals surface area (Å²) in [6.45, 7) is 3.23. The Morgan fingerprint density at radius 3 is 2.70 bits per heavy atom. The summed E-state index contributed by atoms with van der Waals surface area (Å²) in [5, 5.41) is -0.498. The van der Waals surface area contributed by atoms with Crippen LogP contribution in [-0.2, 0) is 14.3 Å². The molecule has 20 heavy (non-hydrogen) atoms. The molecule has 2 rings (SSSR count). The van der Waals surface area contributed by atoms with E-state index in [0.29, 0.717) is 11.5 Å². The van der Waals surface area contributed by atoms with Gasteiger partial charge in [-0.25, -0.2) is 4.79 Å². The molecule has 0 spiro atoms. The average molecular weight is 295 g/mol. The van der Waals surface area contributed by atoms with Crippen LogP contribution in [-0.4, -0.2) is 35.2 Å². The van der Waals surface area contributed by atoms with Crippen LogP contribution in [0.25, 0.3) is 6.08 Å². The summed E-state index contributed by atoms with van der Waals surface area (Å²) in [6, 6.07) is 2.51. The molecule has 1 fully saturated rings. The lowest BCUT2D eigenvalue weighted by Crippen LogP contribution is -2.42. The van der Waals surface area contributed by atoms with E-state index in [4.69, 9.17) is 4.42 Å². The van der Waals surface area contributed by atoms with E-state index >= 15 is 0 Å². The van der Waals surface area contributed by atoms with Crippen LogP contribution >= 0.6 is 11.8 Å². The van der Waals surface area contributed by atoms with Gasteiger partial charge in [0.1, 0.15) is 17.6 Å². The van der Waals surface area contributed by atoms with Crippen molar-refractivity contribution in [3.8, 4) is 0 Å². The summed E-state index contributed by atoms with van der Waals surface area (Å²) in [6.07, 6.45) is 1.49. The minimum absolute atomic E-state index is 0.222. The van der Waals surface area contributed by atoms with Gasteiger partial charge >= 0.3 is 5.97 Å². The van der Waals surface area contributed by atoms with Crippen LogP contribution in [0.1, 0.15) is 18.4 Å². The van der Waals surface area contributed by atoms with Crippen molar-refractivity contribution in [2.45, 2.75) is 19.9 Å². The molecule has 0 bridgehead atoms. The Labute approximate surface area is 119 Å². The van der Waals surface area contributed by atoms with Crippen LogP contribution in [0.4, 0.5) is 4.79 Å². The van der Waals surface area contributed by atoms with Gasteiger partial charge in [0.2, 0.25) is 0 Å². The smallest absolute Gasteiger partial charge is 0.328 e. The quantitative estimate of drug-likeness (QED) is 0.628. The first kappa shape index (κ1) is 14.4. The van der Waals surface area contributed by atoms with Crippen molar-refractivity contribution >= 4 is 35.0 Å². The third kappa shape index (κ3) is 2.62. The molecule has 6 nitrogen and oxygen atoms in total. The highest BCUT2D eigenvalue weighted by molar-refractivity contribution is 8.18. The van der Waals surface area contributed by atoms with Gasteiger partial charge in [0.15, 0.2) is 0 Å². The Morgan fingerprint density at radius 1 is 1.45 bits per heavy atom. The number of nitrogens with zero attached hydrogens (tertiary/aromatic N) is 1. The highest BCUT2D eigenvalue weighted by atomic mass is 32.2. The number of carbonyl (C=O) groups is 3. The number of rotatable bonds is 3. The number of esters is 1. The predicted octanol–water partition coefficient (Wildman–Crippen LogP) is 2.19. The van der Waals surface area contributed by atoms with E-state index in [1.165, 1.54) is 20.1 Å². The summed E-state index contributed by atoms with van der Waals surface area (Å²) in [7, 11) is 1.21. The Hall–Kier alpha value is -2.02. The maximum absolute atomic E-state index is 12.2. The molecule has 7 heteroatoms. The molecule has 1 aliphatic heterocycles. The second-order valence-corrected chi connectivity index (χ2v) is 5.19. The van der Waals surface area contributed by atoms with E-state index in [9.17, 15) is 14.4 Å². The molecule has 0 N–H and O–H groups in total. The molecular formula is C13H13NO5S. The Kier molecular flexibility index (Phi) is 3.99. The number of furan rings is 1. The Balaban J connectivity index is 2.25. The normalized spacial score (nSPS) is 18.8. The standard InChI is InChI=1S/C13H13NO5S/c1-7-4-5-9(19-7)6-10-11(15)14(13(17)20-10)8(2)12(16)18-3/h4-6,8H,1-3H3/b10-6+. The summed E-state index contributed by atoms with van der Waals surface area (Å²) in [4.78, 5) is 36.5. The fourth-order valence-corrected chi connectivity index (χ4v) is 2.64. The van der Waals surface area contributed by atoms with Crippen molar-refractivity contribution in [2.24, 2.45) is 0 Å². The highest BCUT2D eigenvalue weighted by Crippen LogP contribution is 2.33. The molecule has 1 unspecified atom stereocenters. The lowest BCUT2D eigenvalue weighted by atomic mass is 10.3. The number of carbonyl (C=O) groups excluding carboxylic acids is 3. The van der Waals surface area contributed by atoms with Crippen LogP contribution in [0.2, 0.25) is 0 Å². The SMILES string of the molecule is COC(=O)C(C)N1C(=O)S/C(=C/c2ccc(C)o2)C1=O. The van der Waals surface area contributed by atoms with Gasteiger partial charge < -0.3 is 9.15 Å². The number of ether oxygens (including phenoxy) is 1. The fraction of sp³-hybridized carbons (Fsp3) is 0.308. The third-order valence-corrected chi connectivity index (χ3v) is 3.67. The first-order valence-corrected chi connectivity index (χ1v) is 6.67. The number of imide groups is 1. The maximum atomic E-state index is 12.2. The number of hydrogen-bond acceptors (Lipinski definition) is 6. The molecular weight excluding hydrogens is 282 g/mol. The minimum Gasteiger partial charge on any atom is -0.467 e. The van der Waals surface area contributed by atoms with Gasteiger partial charge in [-0.05, 0) is 37.7 Å². The van der Waals surface area contributed by atoms with Crippen molar-refractivity contribution in [1.82, 2.24) is 4.90 Å². The zero-order valence-electron chi connectivity index (χ0n) is 11.2. The van der Waals surface area contributed by atoms with Crippen LogP contribution in [0, 0.1) is 6.92 Å². The lowest BCUT2D eigenvalue weighted by Gasteiger charge is -2.18. The van der Waals surface area contributed by atoms with Crippen molar-refractivity contribution in [2.75, 3.05) is 7.11 Å². The molecule has 1 aromatic rings. The largest absolute Gasteiger partial charge is 0.467 e. The molecule has 0 aliphatic carbocycles. The number of hydrogen-bond donors (Lipinski definition) is 0. The minimum atomic E-state index is -0.947. The second-order valence-electron chi connectivity index (χ2n) is 4.20. The molecule has 0 radical (unpaired) electrons. The van der Waals surface area contributed by atoms with Crippen LogP contribution in [0.15, 0.2) is 21.5 Å². The summed E-state index contributed by atoms with van der Waals surface area (Å²) < 4.78 is 9.88. The van der Waals surface area contributed by atoms with Gasteiger partial charge in [0.25, 0.3) is 11.1 Å². The summed E-state index contributed by atoms with van der Waals surface area (Å²) in [5.41, 5.74) is 0. The van der Waals surface area contributed by atoms with Gasteiger partial charge in [-0.15, -0.1) is 0 Å². The van der Waals surface area contributed by atoms with Crippen molar-refractivity contribution in [3.63, 3.8) is 0 Å². The molecule has 0 saturated carbocycles. The average Bonchev–Trinajstić information content (AvgIpc) is 2.93. The molecule has 2 amide bonds. The lowest BCUT2D eigenvalue weighted by molar-refractivity contribution is -0.148. The van der Waals surface area contributed by atoms with E-state index in [2.05, 4.69) is 4.74 Å². The van der Waals surface area contributed by atoms with Gasteiger partial charge in [0, 0.05) is 6.08 Å². The number of methoxy groups -OCH3 is 1. The Bertz CT molecular complexity index is 604. The first-order chi connectivity index (χ1) is 9.43. The van der Waals surface area contributed by atoms with Crippen molar-refractivity contribution < 1.29 is 23.5 Å². The second kappa shape index (κ2) is 5.54. The van der Waals surface area contributed by atoms with Crippen LogP contribution in [0.3, 0.4) is 0 Å². The van der Waals surface area contributed by atoms with Gasteiger partial charge in [-0.3, -0.25) is 14.5 Å². The molecule has 1 aliphatic rings. The van der Waals surface area contributed by atoms with Crippen LogP contribution < -0.4 is 0 Å². The zero-order valence-corrected chi connectivity index (χ0v) is 12.0. The van der Waals surface area contributed by atoms with E-state index in [1.54, 1.807) is 19.1 Å². The van der Waals surface area contributed by atoms with Crippen molar-refractivity contribution in [3.05, 3.63) is 28.6 Å². The molecule has 1 atom stereocenters. The number of thioether (sulfide) groups is 1. The first-order valence-electron chi connectivity index (χ1n) is 5.85. The summed E-state index contributed by atoms with van der Waals surface area (Å²) >= 11 is 0.773. The van der Waals surface area contributed by atoms with E-state index in [0.717, 1.165) is 16.7 Å². The summed E-state index contributed by atoms with van der Waals surface area (Å²) in [5.74, 6) is 0.0338. The van der Waals surface area contributed by atoms with Gasteiger partial charge in [0.05, 0.1) is 12.0 Å². The molecule has 0 aromatic carbocycles. The third-order valence-electron chi connectivity index (χ3n) is 2.79. The maximum Gasteiger partial charge on any atom is 0.328 e. The molecule has 1 saturated heterocycles. The predicted molar refractivity (Wildman–Crippen MR) is 72.7 cm³/mol. The number of amides is 2. The number of aryl methyl sites for hydroxylation is 1. The zero-order chi connectivity index (χ0) is 14.9. The van der Waals surface area contributed by atoms with Gasteiger partial charge in [-0.1, -0.05) is 0 Å². The molecule has 2 heterocycles. The monoisotopic (exact) mass is 295 g/mol. The Morgan fingerprint density at radius 2 is 2.15 bits per heavy atom. The van der Waals surface area contributed by atoms with E-state index in [-0.39, 0.29) is 4.91 Å². The van der Waals surface area contributed by atoms with E-state index < -0.39 is 23.2 Å². The van der Waals surface area contributed by atoms with E-state index in [1.807, 2.05) is 0 Å².